The minimum atomic E-state index is -0.844. The molecule has 1 saturated heterocycles. The minimum Gasteiger partial charge on any atom is -0.395 e. The molecule has 9 nitrogen and oxygen atoms in total. The summed E-state index contributed by atoms with van der Waals surface area (Å²) in [4.78, 5) is 39.1. The van der Waals surface area contributed by atoms with Crippen molar-refractivity contribution in [3.05, 3.63) is 45.4 Å². The molecule has 166 valence electrons. The molecule has 0 bridgehead atoms. The standard InChI is InChI=1S/C20H24ClN5O4S/c1-11(19(28)24-9-13-6-4-8-30-13)26(10-12-5-2-3-7-14(12)21)20(29)17-15(22)16(18(23)27)25-31-17/h2-3,5,7,11,13H,4,6,8-10,22H2,1H3,(H2,23,27)(H,24,28). The Hall–Kier alpha value is -2.69. The van der Waals surface area contributed by atoms with Crippen molar-refractivity contribution in [3.63, 3.8) is 0 Å². The summed E-state index contributed by atoms with van der Waals surface area (Å²) in [6.07, 6.45) is 1.81. The van der Waals surface area contributed by atoms with Gasteiger partial charge in [-0.25, -0.2) is 0 Å². The van der Waals surface area contributed by atoms with Crippen LogP contribution < -0.4 is 16.8 Å². The number of primary amides is 1. The van der Waals surface area contributed by atoms with Crippen molar-refractivity contribution < 1.29 is 19.1 Å². The van der Waals surface area contributed by atoms with Gasteiger partial charge in [0.15, 0.2) is 5.69 Å². The smallest absolute Gasteiger partial charge is 0.270 e. The van der Waals surface area contributed by atoms with E-state index in [1.807, 2.05) is 0 Å². The number of carbonyl (C=O) groups is 3. The predicted octanol–water partition coefficient (Wildman–Crippen LogP) is 1.80. The van der Waals surface area contributed by atoms with Gasteiger partial charge in [-0.05, 0) is 42.9 Å². The molecular weight excluding hydrogens is 442 g/mol. The van der Waals surface area contributed by atoms with Crippen molar-refractivity contribution in [2.45, 2.75) is 38.5 Å². The molecule has 31 heavy (non-hydrogen) atoms. The van der Waals surface area contributed by atoms with Crippen molar-refractivity contribution in [1.82, 2.24) is 14.6 Å². The zero-order valence-electron chi connectivity index (χ0n) is 17.0. The van der Waals surface area contributed by atoms with Crippen LogP contribution in [0.25, 0.3) is 0 Å². The summed E-state index contributed by atoms with van der Waals surface area (Å²) in [6, 6.07) is 6.19. The van der Waals surface area contributed by atoms with Crippen LogP contribution in [0.1, 0.15) is 45.5 Å². The van der Waals surface area contributed by atoms with Crippen LogP contribution in [0.5, 0.6) is 0 Å². The average Bonchev–Trinajstić information content (AvgIpc) is 3.40. The molecule has 1 aromatic heterocycles. The minimum absolute atomic E-state index is 0.0286. The van der Waals surface area contributed by atoms with Crippen molar-refractivity contribution in [1.29, 1.82) is 0 Å². The van der Waals surface area contributed by atoms with Crippen molar-refractivity contribution in [2.75, 3.05) is 18.9 Å². The number of nitrogens with zero attached hydrogens (tertiary/aromatic N) is 2. The topological polar surface area (TPSA) is 141 Å². The summed E-state index contributed by atoms with van der Waals surface area (Å²) in [5, 5.41) is 3.30. The highest BCUT2D eigenvalue weighted by Crippen LogP contribution is 2.26. The number of aromatic nitrogens is 1. The number of ether oxygens (including phenoxy) is 1. The fourth-order valence-corrected chi connectivity index (χ4v) is 4.22. The molecule has 0 aliphatic carbocycles. The van der Waals surface area contributed by atoms with E-state index in [2.05, 4.69) is 9.69 Å². The van der Waals surface area contributed by atoms with Crippen LogP contribution in [-0.4, -0.2) is 52.3 Å². The van der Waals surface area contributed by atoms with E-state index >= 15 is 0 Å². The van der Waals surface area contributed by atoms with Gasteiger partial charge in [-0.3, -0.25) is 14.4 Å². The van der Waals surface area contributed by atoms with Crippen LogP contribution in [0.3, 0.4) is 0 Å². The van der Waals surface area contributed by atoms with E-state index in [0.717, 1.165) is 24.4 Å². The molecule has 2 heterocycles. The first-order valence-corrected chi connectivity index (χ1v) is 10.9. The van der Waals surface area contributed by atoms with Gasteiger partial charge in [-0.1, -0.05) is 29.8 Å². The number of nitrogens with one attached hydrogen (secondary N) is 1. The molecule has 11 heteroatoms. The number of rotatable bonds is 8. The Morgan fingerprint density at radius 2 is 2.13 bits per heavy atom. The normalized spacial score (nSPS) is 16.6. The molecule has 1 aromatic carbocycles. The van der Waals surface area contributed by atoms with E-state index in [0.29, 0.717) is 23.7 Å². The van der Waals surface area contributed by atoms with Gasteiger partial charge in [0, 0.05) is 24.7 Å². The first-order valence-electron chi connectivity index (χ1n) is 9.78. The number of benzene rings is 1. The van der Waals surface area contributed by atoms with Crippen LogP contribution in [-0.2, 0) is 16.1 Å². The molecule has 1 aliphatic rings. The number of hydrogen-bond acceptors (Lipinski definition) is 7. The molecule has 3 rings (SSSR count). The molecule has 2 aromatic rings. The summed E-state index contributed by atoms with van der Waals surface area (Å²) < 4.78 is 9.42. The van der Waals surface area contributed by atoms with Crippen LogP contribution in [0.15, 0.2) is 24.3 Å². The van der Waals surface area contributed by atoms with Gasteiger partial charge in [0.1, 0.15) is 10.9 Å². The van der Waals surface area contributed by atoms with Crippen molar-refractivity contribution in [2.24, 2.45) is 5.73 Å². The zero-order valence-corrected chi connectivity index (χ0v) is 18.5. The number of amides is 3. The highest BCUT2D eigenvalue weighted by Gasteiger charge is 2.32. The Balaban J connectivity index is 1.84. The maximum Gasteiger partial charge on any atom is 0.270 e. The van der Waals surface area contributed by atoms with Gasteiger partial charge in [-0.15, -0.1) is 0 Å². The van der Waals surface area contributed by atoms with Crippen LogP contribution >= 0.6 is 23.1 Å². The third kappa shape index (κ3) is 5.33. The third-order valence-electron chi connectivity index (χ3n) is 5.09. The van der Waals surface area contributed by atoms with Gasteiger partial charge in [0.25, 0.3) is 11.8 Å². The monoisotopic (exact) mass is 465 g/mol. The quantitative estimate of drug-likeness (QED) is 0.542. The lowest BCUT2D eigenvalue weighted by atomic mass is 10.1. The summed E-state index contributed by atoms with van der Waals surface area (Å²) >= 11 is 7.04. The van der Waals surface area contributed by atoms with E-state index in [1.54, 1.807) is 31.2 Å². The largest absolute Gasteiger partial charge is 0.395 e. The van der Waals surface area contributed by atoms with Crippen LogP contribution in [0.4, 0.5) is 5.69 Å². The second-order valence-corrected chi connectivity index (χ2v) is 8.40. The van der Waals surface area contributed by atoms with E-state index in [-0.39, 0.29) is 34.8 Å². The second-order valence-electron chi connectivity index (χ2n) is 7.22. The summed E-state index contributed by atoms with van der Waals surface area (Å²) in [6.45, 7) is 2.73. The molecular formula is C20H24ClN5O4S. The fourth-order valence-electron chi connectivity index (χ4n) is 3.26. The predicted molar refractivity (Wildman–Crippen MR) is 118 cm³/mol. The molecule has 1 fully saturated rings. The first kappa shape index (κ1) is 23.0. The highest BCUT2D eigenvalue weighted by atomic mass is 35.5. The van der Waals surface area contributed by atoms with E-state index in [9.17, 15) is 14.4 Å². The molecule has 5 N–H and O–H groups in total. The molecule has 3 amide bonds. The Bertz CT molecular complexity index is 976. The van der Waals surface area contributed by atoms with Gasteiger partial charge < -0.3 is 26.4 Å². The number of carbonyl (C=O) groups excluding carboxylic acids is 3. The lowest BCUT2D eigenvalue weighted by Gasteiger charge is -2.29. The average molecular weight is 466 g/mol. The fraction of sp³-hybridized carbons (Fsp3) is 0.400. The Labute approximate surface area is 188 Å². The lowest BCUT2D eigenvalue weighted by molar-refractivity contribution is -0.125. The van der Waals surface area contributed by atoms with Crippen molar-refractivity contribution in [3.8, 4) is 0 Å². The molecule has 1 aliphatic heterocycles. The number of nitrogens with two attached hydrogens (primary N) is 2. The number of anilines is 1. The maximum absolute atomic E-state index is 13.3. The number of halogens is 1. The molecule has 2 unspecified atom stereocenters. The lowest BCUT2D eigenvalue weighted by Crippen LogP contribution is -2.48. The Kier molecular flexibility index (Phi) is 7.47. The molecule has 0 spiro atoms. The van der Waals surface area contributed by atoms with Gasteiger partial charge in [0.2, 0.25) is 5.91 Å². The van der Waals surface area contributed by atoms with Gasteiger partial charge in [-0.2, -0.15) is 4.37 Å². The summed E-state index contributed by atoms with van der Waals surface area (Å²) in [7, 11) is 0. The third-order valence-corrected chi connectivity index (χ3v) is 6.31. The van der Waals surface area contributed by atoms with E-state index < -0.39 is 17.9 Å². The van der Waals surface area contributed by atoms with E-state index in [4.69, 9.17) is 27.8 Å². The van der Waals surface area contributed by atoms with Crippen LogP contribution in [0, 0.1) is 0 Å². The summed E-state index contributed by atoms with van der Waals surface area (Å²) in [5.74, 6) is -1.70. The molecule has 0 saturated carbocycles. The van der Waals surface area contributed by atoms with Gasteiger partial charge >= 0.3 is 0 Å². The van der Waals surface area contributed by atoms with E-state index in [1.165, 1.54) is 4.90 Å². The Morgan fingerprint density at radius 1 is 1.39 bits per heavy atom. The SMILES string of the molecule is CC(C(=O)NCC1CCCO1)N(Cc1ccccc1Cl)C(=O)c1snc(C(N)=O)c1N. The second kappa shape index (κ2) is 10.1. The van der Waals surface area contributed by atoms with Crippen LogP contribution in [0.2, 0.25) is 5.02 Å². The zero-order chi connectivity index (χ0) is 22.5. The first-order chi connectivity index (χ1) is 14.8. The number of nitrogen functional groups attached to an aromatic ring is 1. The molecule has 0 radical (unpaired) electrons. The highest BCUT2D eigenvalue weighted by molar-refractivity contribution is 7.09. The maximum atomic E-state index is 13.3. The van der Waals surface area contributed by atoms with Gasteiger partial charge in [0.05, 0.1) is 11.8 Å². The Morgan fingerprint density at radius 3 is 2.74 bits per heavy atom. The summed E-state index contributed by atoms with van der Waals surface area (Å²) in [5.41, 5.74) is 11.6. The van der Waals surface area contributed by atoms with Crippen molar-refractivity contribution >= 4 is 46.5 Å². The number of hydrogen-bond donors (Lipinski definition) is 3. The molecule has 2 atom stereocenters.